The topological polar surface area (TPSA) is 73.9 Å². The molecule has 2 fully saturated rings. The summed E-state index contributed by atoms with van der Waals surface area (Å²) in [5.41, 5.74) is 0.673. The fourth-order valence-corrected chi connectivity index (χ4v) is 3.63. The normalized spacial score (nSPS) is 23.3. The molecule has 2 aliphatic heterocycles. The number of amides is 2. The number of piperazine rings is 1. The SMILES string of the molecule is CCC(=O)Nc1cccc(OCC(=O)N[C@H]2C[C@H]3CN(C)CCN3C2)c1. The van der Waals surface area contributed by atoms with E-state index in [0.29, 0.717) is 23.9 Å². The van der Waals surface area contributed by atoms with Gasteiger partial charge in [0.25, 0.3) is 5.91 Å². The summed E-state index contributed by atoms with van der Waals surface area (Å²) < 4.78 is 5.58. The zero-order valence-electron chi connectivity index (χ0n) is 15.5. The summed E-state index contributed by atoms with van der Waals surface area (Å²) in [5, 5.41) is 5.86. The third-order valence-electron chi connectivity index (χ3n) is 4.99. The highest BCUT2D eigenvalue weighted by atomic mass is 16.5. The van der Waals surface area contributed by atoms with E-state index in [1.165, 1.54) is 0 Å². The summed E-state index contributed by atoms with van der Waals surface area (Å²) in [4.78, 5) is 28.5. The van der Waals surface area contributed by atoms with Crippen LogP contribution in [-0.4, -0.2) is 73.5 Å². The zero-order chi connectivity index (χ0) is 18.5. The van der Waals surface area contributed by atoms with Gasteiger partial charge in [0.15, 0.2) is 6.61 Å². The van der Waals surface area contributed by atoms with Gasteiger partial charge in [-0.25, -0.2) is 0 Å². The lowest BCUT2D eigenvalue weighted by Gasteiger charge is -2.34. The summed E-state index contributed by atoms with van der Waals surface area (Å²) in [6, 6.07) is 7.83. The Kier molecular flexibility index (Phi) is 6.11. The van der Waals surface area contributed by atoms with Crippen molar-refractivity contribution in [2.75, 3.05) is 45.2 Å². The first-order valence-corrected chi connectivity index (χ1v) is 9.28. The van der Waals surface area contributed by atoms with Gasteiger partial charge in [-0.2, -0.15) is 0 Å². The van der Waals surface area contributed by atoms with E-state index in [1.807, 2.05) is 0 Å². The van der Waals surface area contributed by atoms with Gasteiger partial charge in [0.1, 0.15) is 5.75 Å². The van der Waals surface area contributed by atoms with Crippen molar-refractivity contribution in [1.29, 1.82) is 0 Å². The van der Waals surface area contributed by atoms with Crippen molar-refractivity contribution in [3.63, 3.8) is 0 Å². The molecule has 1 aromatic rings. The first-order valence-electron chi connectivity index (χ1n) is 9.28. The number of ether oxygens (including phenoxy) is 1. The Hall–Kier alpha value is -2.12. The molecule has 0 spiro atoms. The van der Waals surface area contributed by atoms with Crippen LogP contribution in [0.25, 0.3) is 0 Å². The quantitative estimate of drug-likeness (QED) is 0.789. The summed E-state index contributed by atoms with van der Waals surface area (Å²) in [6.45, 7) is 5.92. The Morgan fingerprint density at radius 2 is 2.08 bits per heavy atom. The molecule has 0 radical (unpaired) electrons. The van der Waals surface area contributed by atoms with E-state index in [9.17, 15) is 9.59 Å². The summed E-state index contributed by atoms with van der Waals surface area (Å²) in [6.07, 6.45) is 1.41. The summed E-state index contributed by atoms with van der Waals surface area (Å²) in [5.74, 6) is 0.411. The Balaban J connectivity index is 1.44. The van der Waals surface area contributed by atoms with Crippen molar-refractivity contribution in [3.8, 4) is 5.75 Å². The van der Waals surface area contributed by atoms with E-state index in [1.54, 1.807) is 31.2 Å². The molecular weight excluding hydrogens is 332 g/mol. The number of likely N-dealkylation sites (N-methyl/N-ethyl adjacent to an activating group) is 1. The van der Waals surface area contributed by atoms with Gasteiger partial charge in [-0.3, -0.25) is 14.5 Å². The number of carbonyl (C=O) groups is 2. The van der Waals surface area contributed by atoms with Crippen LogP contribution in [0.3, 0.4) is 0 Å². The van der Waals surface area contributed by atoms with Crippen molar-refractivity contribution in [3.05, 3.63) is 24.3 Å². The van der Waals surface area contributed by atoms with Crippen LogP contribution in [0.15, 0.2) is 24.3 Å². The average Bonchev–Trinajstić information content (AvgIpc) is 3.01. The highest BCUT2D eigenvalue weighted by Gasteiger charge is 2.35. The van der Waals surface area contributed by atoms with E-state index in [2.05, 4.69) is 27.5 Å². The Bertz CT molecular complexity index is 651. The fraction of sp³-hybridized carbons (Fsp3) is 0.579. The number of hydrogen-bond acceptors (Lipinski definition) is 5. The van der Waals surface area contributed by atoms with Crippen LogP contribution in [-0.2, 0) is 9.59 Å². The molecule has 2 aliphatic rings. The van der Waals surface area contributed by atoms with E-state index in [-0.39, 0.29) is 24.5 Å². The molecule has 3 rings (SSSR count). The summed E-state index contributed by atoms with van der Waals surface area (Å²) >= 11 is 0. The molecule has 0 saturated carbocycles. The lowest BCUT2D eigenvalue weighted by molar-refractivity contribution is -0.123. The van der Waals surface area contributed by atoms with E-state index < -0.39 is 0 Å². The maximum absolute atomic E-state index is 12.2. The predicted molar refractivity (Wildman–Crippen MR) is 100 cm³/mol. The van der Waals surface area contributed by atoms with Gasteiger partial charge in [-0.15, -0.1) is 0 Å². The van der Waals surface area contributed by atoms with Gasteiger partial charge < -0.3 is 20.3 Å². The van der Waals surface area contributed by atoms with Gasteiger partial charge in [0, 0.05) is 56.4 Å². The maximum Gasteiger partial charge on any atom is 0.258 e. The molecule has 7 heteroatoms. The molecule has 2 N–H and O–H groups in total. The van der Waals surface area contributed by atoms with Crippen LogP contribution in [0, 0.1) is 0 Å². The number of fused-ring (bicyclic) bond motifs is 1. The van der Waals surface area contributed by atoms with Crippen molar-refractivity contribution in [2.24, 2.45) is 0 Å². The van der Waals surface area contributed by atoms with Crippen LogP contribution >= 0.6 is 0 Å². The molecule has 26 heavy (non-hydrogen) atoms. The van der Waals surface area contributed by atoms with E-state index in [0.717, 1.165) is 32.6 Å². The maximum atomic E-state index is 12.2. The van der Waals surface area contributed by atoms with Crippen molar-refractivity contribution in [1.82, 2.24) is 15.1 Å². The molecule has 2 saturated heterocycles. The van der Waals surface area contributed by atoms with Crippen LogP contribution < -0.4 is 15.4 Å². The highest BCUT2D eigenvalue weighted by molar-refractivity contribution is 5.90. The molecule has 2 amide bonds. The fourth-order valence-electron chi connectivity index (χ4n) is 3.63. The van der Waals surface area contributed by atoms with Crippen LogP contribution in [0.4, 0.5) is 5.69 Å². The second kappa shape index (κ2) is 8.51. The molecule has 2 heterocycles. The van der Waals surface area contributed by atoms with Crippen LogP contribution in [0.1, 0.15) is 19.8 Å². The molecule has 0 bridgehead atoms. The van der Waals surface area contributed by atoms with Crippen LogP contribution in [0.5, 0.6) is 5.75 Å². The number of rotatable bonds is 6. The second-order valence-corrected chi connectivity index (χ2v) is 7.13. The Labute approximate surface area is 154 Å². The third kappa shape index (κ3) is 4.95. The largest absolute Gasteiger partial charge is 0.484 e. The minimum atomic E-state index is -0.105. The Morgan fingerprint density at radius 3 is 2.88 bits per heavy atom. The number of benzene rings is 1. The van der Waals surface area contributed by atoms with Gasteiger partial charge in [-0.05, 0) is 25.6 Å². The lowest BCUT2D eigenvalue weighted by atomic mass is 10.1. The molecule has 2 atom stereocenters. The van der Waals surface area contributed by atoms with E-state index in [4.69, 9.17) is 4.74 Å². The monoisotopic (exact) mass is 360 g/mol. The molecule has 0 aromatic heterocycles. The number of nitrogens with zero attached hydrogens (tertiary/aromatic N) is 2. The van der Waals surface area contributed by atoms with Gasteiger partial charge in [-0.1, -0.05) is 13.0 Å². The standard InChI is InChI=1S/C19H28N4O3/c1-3-18(24)20-14-5-4-6-17(10-14)26-13-19(25)21-15-9-16-12-22(2)7-8-23(16)11-15/h4-6,10,15-16H,3,7-9,11-13H2,1-2H3,(H,20,24)(H,21,25)/t15-,16-/m0/s1. The zero-order valence-corrected chi connectivity index (χ0v) is 15.5. The molecule has 0 unspecified atom stereocenters. The first kappa shape index (κ1) is 18.7. The number of carbonyl (C=O) groups excluding carboxylic acids is 2. The van der Waals surface area contributed by atoms with Crippen molar-refractivity contribution in [2.45, 2.75) is 31.8 Å². The molecule has 7 nitrogen and oxygen atoms in total. The molecule has 1 aromatic carbocycles. The number of nitrogens with one attached hydrogen (secondary N) is 2. The third-order valence-corrected chi connectivity index (χ3v) is 4.99. The Morgan fingerprint density at radius 1 is 1.23 bits per heavy atom. The average molecular weight is 360 g/mol. The lowest BCUT2D eigenvalue weighted by Crippen LogP contribution is -2.48. The van der Waals surface area contributed by atoms with Crippen LogP contribution in [0.2, 0.25) is 0 Å². The van der Waals surface area contributed by atoms with Gasteiger partial charge in [0.05, 0.1) is 0 Å². The minimum absolute atomic E-state index is 0.0216. The molecule has 0 aliphatic carbocycles. The number of hydrogen-bond donors (Lipinski definition) is 2. The highest BCUT2D eigenvalue weighted by Crippen LogP contribution is 2.21. The second-order valence-electron chi connectivity index (χ2n) is 7.13. The predicted octanol–water partition coefficient (Wildman–Crippen LogP) is 0.918. The molecule has 142 valence electrons. The molecular formula is C19H28N4O3. The van der Waals surface area contributed by atoms with Gasteiger partial charge in [0.2, 0.25) is 5.91 Å². The van der Waals surface area contributed by atoms with Crippen molar-refractivity contribution >= 4 is 17.5 Å². The number of anilines is 1. The van der Waals surface area contributed by atoms with Gasteiger partial charge >= 0.3 is 0 Å². The smallest absolute Gasteiger partial charge is 0.258 e. The van der Waals surface area contributed by atoms with Crippen molar-refractivity contribution < 1.29 is 14.3 Å². The summed E-state index contributed by atoms with van der Waals surface area (Å²) in [7, 11) is 2.15. The minimum Gasteiger partial charge on any atom is -0.484 e. The van der Waals surface area contributed by atoms with E-state index >= 15 is 0 Å². The first-order chi connectivity index (χ1) is 12.5.